The van der Waals surface area contributed by atoms with Crippen LogP contribution in [0.25, 0.3) is 0 Å². The summed E-state index contributed by atoms with van der Waals surface area (Å²) in [5.74, 6) is 1.54. The van der Waals surface area contributed by atoms with Gasteiger partial charge in [0, 0.05) is 25.0 Å². The van der Waals surface area contributed by atoms with E-state index in [1.165, 1.54) is 25.7 Å². The van der Waals surface area contributed by atoms with Crippen molar-refractivity contribution in [3.63, 3.8) is 0 Å². The molecule has 0 aromatic carbocycles. The Hall–Kier alpha value is 0.460. The van der Waals surface area contributed by atoms with Crippen LogP contribution in [0, 0.1) is 0 Å². The van der Waals surface area contributed by atoms with Crippen LogP contribution < -0.4 is 0 Å². The third kappa shape index (κ3) is 20.5. The quantitative estimate of drug-likeness (QED) is 0.268. The van der Waals surface area contributed by atoms with Crippen molar-refractivity contribution in [1.82, 2.24) is 0 Å². The summed E-state index contributed by atoms with van der Waals surface area (Å²) >= 11 is 11.2. The lowest BCUT2D eigenvalue weighted by atomic mass is 10.2. The van der Waals surface area contributed by atoms with Crippen molar-refractivity contribution in [2.75, 3.05) is 51.4 Å². The topological polar surface area (TPSA) is 27.7 Å². The van der Waals surface area contributed by atoms with E-state index >= 15 is 0 Å². The molecule has 0 heterocycles. The second kappa shape index (κ2) is 20.5. The van der Waals surface area contributed by atoms with Crippen molar-refractivity contribution in [3.05, 3.63) is 0 Å². The maximum absolute atomic E-state index is 5.61. The van der Waals surface area contributed by atoms with Gasteiger partial charge in [-0.3, -0.25) is 0 Å². The zero-order valence-corrected chi connectivity index (χ0v) is 14.8. The lowest BCUT2D eigenvalue weighted by Gasteiger charge is -2.07. The molecule has 0 saturated carbocycles. The molecule has 0 rings (SSSR count). The molecule has 5 heteroatoms. The lowest BCUT2D eigenvalue weighted by Crippen LogP contribution is -2.10. The van der Waals surface area contributed by atoms with Crippen molar-refractivity contribution < 1.29 is 14.2 Å². The fourth-order valence-corrected chi connectivity index (χ4v) is 2.22. The van der Waals surface area contributed by atoms with Gasteiger partial charge in [0.05, 0.1) is 26.4 Å². The molecule has 0 aliphatic carbocycles. The molecular weight excluding hydrogens is 311 g/mol. The fourth-order valence-electron chi connectivity index (χ4n) is 1.85. The Morgan fingerprint density at radius 3 is 1.10 bits per heavy atom. The third-order valence-electron chi connectivity index (χ3n) is 3.09. The Kier molecular flexibility index (Phi) is 20.9. The summed E-state index contributed by atoms with van der Waals surface area (Å²) in [6.07, 6.45) is 9.25. The van der Waals surface area contributed by atoms with Crippen LogP contribution in [0.2, 0.25) is 0 Å². The van der Waals surface area contributed by atoms with Gasteiger partial charge in [-0.2, -0.15) is 0 Å². The number of halogens is 2. The maximum atomic E-state index is 5.61. The zero-order valence-electron chi connectivity index (χ0n) is 13.3. The maximum Gasteiger partial charge on any atom is 0.0701 e. The van der Waals surface area contributed by atoms with Gasteiger partial charge < -0.3 is 14.2 Å². The van der Waals surface area contributed by atoms with E-state index in [0.717, 1.165) is 50.7 Å². The number of hydrogen-bond acceptors (Lipinski definition) is 3. The lowest BCUT2D eigenvalue weighted by molar-refractivity contribution is 0.0132. The highest BCUT2D eigenvalue weighted by atomic mass is 35.5. The molecular formula is C16H32Cl2O3. The fraction of sp³-hybridized carbons (Fsp3) is 1.00. The van der Waals surface area contributed by atoms with Gasteiger partial charge in [0.1, 0.15) is 0 Å². The van der Waals surface area contributed by atoms with Gasteiger partial charge in [-0.1, -0.05) is 25.7 Å². The van der Waals surface area contributed by atoms with Crippen LogP contribution in [0.1, 0.15) is 51.4 Å². The molecule has 0 spiro atoms. The monoisotopic (exact) mass is 342 g/mol. The van der Waals surface area contributed by atoms with E-state index in [9.17, 15) is 0 Å². The summed E-state index contributed by atoms with van der Waals surface area (Å²) in [5.41, 5.74) is 0. The average molecular weight is 343 g/mol. The molecule has 0 aliphatic heterocycles. The minimum atomic E-state index is 0.654. The molecule has 0 unspecified atom stereocenters. The number of unbranched alkanes of at least 4 members (excludes halogenated alkanes) is 6. The van der Waals surface area contributed by atoms with E-state index in [1.807, 2.05) is 0 Å². The Morgan fingerprint density at radius 1 is 0.381 bits per heavy atom. The first-order chi connectivity index (χ1) is 10.4. The second-order valence-corrected chi connectivity index (χ2v) is 5.80. The summed E-state index contributed by atoms with van der Waals surface area (Å²) in [6.45, 7) is 4.30. The molecule has 3 nitrogen and oxygen atoms in total. The average Bonchev–Trinajstić information content (AvgIpc) is 2.50. The van der Waals surface area contributed by atoms with Crippen molar-refractivity contribution in [1.29, 1.82) is 0 Å². The van der Waals surface area contributed by atoms with Crippen molar-refractivity contribution >= 4 is 23.2 Å². The van der Waals surface area contributed by atoms with Gasteiger partial charge in [0.2, 0.25) is 0 Å². The van der Waals surface area contributed by atoms with Gasteiger partial charge in [-0.25, -0.2) is 0 Å². The van der Waals surface area contributed by atoms with E-state index in [1.54, 1.807) is 0 Å². The van der Waals surface area contributed by atoms with Gasteiger partial charge in [0.15, 0.2) is 0 Å². The highest BCUT2D eigenvalue weighted by Crippen LogP contribution is 2.02. The minimum Gasteiger partial charge on any atom is -0.379 e. The Bertz CT molecular complexity index is 165. The first-order valence-electron chi connectivity index (χ1n) is 8.27. The summed E-state index contributed by atoms with van der Waals surface area (Å²) in [5, 5.41) is 0. The highest BCUT2D eigenvalue weighted by Gasteiger charge is 1.93. The minimum absolute atomic E-state index is 0.654. The number of ether oxygens (including phenoxy) is 3. The Morgan fingerprint density at radius 2 is 0.714 bits per heavy atom. The molecule has 0 bridgehead atoms. The van der Waals surface area contributed by atoms with E-state index in [2.05, 4.69) is 0 Å². The Labute approximate surface area is 140 Å². The second-order valence-electron chi connectivity index (χ2n) is 5.04. The van der Waals surface area contributed by atoms with Crippen LogP contribution in [0.3, 0.4) is 0 Å². The zero-order chi connectivity index (χ0) is 15.4. The van der Waals surface area contributed by atoms with E-state index in [-0.39, 0.29) is 0 Å². The predicted molar refractivity (Wildman–Crippen MR) is 90.8 cm³/mol. The van der Waals surface area contributed by atoms with Crippen molar-refractivity contribution in [3.8, 4) is 0 Å². The normalized spacial score (nSPS) is 11.1. The predicted octanol–water partition coefficient (Wildman–Crippen LogP) is 4.63. The summed E-state index contributed by atoms with van der Waals surface area (Å²) < 4.78 is 16.4. The summed E-state index contributed by atoms with van der Waals surface area (Å²) in [6, 6.07) is 0. The molecule has 128 valence electrons. The molecule has 0 N–H and O–H groups in total. The van der Waals surface area contributed by atoms with Crippen LogP contribution in [0.15, 0.2) is 0 Å². The first-order valence-corrected chi connectivity index (χ1v) is 9.34. The van der Waals surface area contributed by atoms with Crippen LogP contribution >= 0.6 is 23.2 Å². The molecule has 0 amide bonds. The number of hydrogen-bond donors (Lipinski definition) is 0. The standard InChI is InChI=1S/C16H32Cl2O3/c17-9-5-1-3-7-11-19-13-15-21-16-14-20-12-8-4-2-6-10-18/h1-16H2. The van der Waals surface area contributed by atoms with E-state index in [0.29, 0.717) is 26.4 Å². The summed E-state index contributed by atoms with van der Waals surface area (Å²) in [4.78, 5) is 0. The van der Waals surface area contributed by atoms with E-state index < -0.39 is 0 Å². The highest BCUT2D eigenvalue weighted by molar-refractivity contribution is 6.18. The first kappa shape index (κ1) is 21.5. The molecule has 0 radical (unpaired) electrons. The molecule has 0 atom stereocenters. The van der Waals surface area contributed by atoms with Gasteiger partial charge in [-0.05, 0) is 25.7 Å². The summed E-state index contributed by atoms with van der Waals surface area (Å²) in [7, 11) is 0. The van der Waals surface area contributed by atoms with Crippen LogP contribution in [0.4, 0.5) is 0 Å². The number of rotatable bonds is 18. The third-order valence-corrected chi connectivity index (χ3v) is 3.62. The molecule has 0 aliphatic rings. The van der Waals surface area contributed by atoms with E-state index in [4.69, 9.17) is 37.4 Å². The van der Waals surface area contributed by atoms with Gasteiger partial charge >= 0.3 is 0 Å². The van der Waals surface area contributed by atoms with Crippen molar-refractivity contribution in [2.45, 2.75) is 51.4 Å². The largest absolute Gasteiger partial charge is 0.379 e. The molecule has 0 aromatic heterocycles. The molecule has 0 aromatic rings. The molecule has 0 fully saturated rings. The van der Waals surface area contributed by atoms with Crippen molar-refractivity contribution in [2.24, 2.45) is 0 Å². The van der Waals surface area contributed by atoms with Gasteiger partial charge in [-0.15, -0.1) is 23.2 Å². The van der Waals surface area contributed by atoms with Gasteiger partial charge in [0.25, 0.3) is 0 Å². The van der Waals surface area contributed by atoms with Crippen LogP contribution in [0.5, 0.6) is 0 Å². The smallest absolute Gasteiger partial charge is 0.0701 e. The molecule has 0 saturated heterocycles. The Balaban J connectivity index is 2.90. The van der Waals surface area contributed by atoms with Crippen LogP contribution in [-0.4, -0.2) is 51.4 Å². The number of alkyl halides is 2. The molecule has 21 heavy (non-hydrogen) atoms. The van der Waals surface area contributed by atoms with Crippen LogP contribution in [-0.2, 0) is 14.2 Å². The SMILES string of the molecule is ClCCCCCCOCCOCCOCCCCCCCl.